The van der Waals surface area contributed by atoms with Gasteiger partial charge in [0, 0.05) is 17.5 Å². The molecule has 1 aromatic carbocycles. The number of ether oxygens (including phenoxy) is 2. The molecule has 4 heteroatoms. The Morgan fingerprint density at radius 2 is 1.79 bits per heavy atom. The van der Waals surface area contributed by atoms with Gasteiger partial charge in [0.2, 0.25) is 0 Å². The summed E-state index contributed by atoms with van der Waals surface area (Å²) in [5.41, 5.74) is 1.22. The summed E-state index contributed by atoms with van der Waals surface area (Å²) in [6, 6.07) is 8.10. The van der Waals surface area contributed by atoms with Crippen molar-refractivity contribution in [2.75, 3.05) is 26.3 Å². The van der Waals surface area contributed by atoms with E-state index in [1.54, 1.807) is 0 Å². The average molecular weight is 282 g/mol. The summed E-state index contributed by atoms with van der Waals surface area (Å²) in [5.74, 6) is 0.560. The minimum absolute atomic E-state index is 0.0439. The van der Waals surface area contributed by atoms with E-state index in [4.69, 9.17) is 21.1 Å². The molecule has 1 aromatic rings. The molecule has 3 nitrogen and oxygen atoms in total. The first-order valence-corrected chi connectivity index (χ1v) is 7.40. The Hall–Kier alpha value is -0.610. The van der Waals surface area contributed by atoms with Crippen LogP contribution in [0.1, 0.15) is 18.4 Å². The van der Waals surface area contributed by atoms with Gasteiger partial charge in [0.25, 0.3) is 0 Å². The number of halogens is 1. The Balaban J connectivity index is 1.51. The quantitative estimate of drug-likeness (QED) is 0.850. The molecule has 0 N–H and O–H groups in total. The van der Waals surface area contributed by atoms with Gasteiger partial charge in [-0.05, 0) is 37.6 Å². The third-order valence-corrected chi connectivity index (χ3v) is 4.39. The number of likely N-dealkylation sites (tertiary alicyclic amines) is 1. The third kappa shape index (κ3) is 3.29. The summed E-state index contributed by atoms with van der Waals surface area (Å²) in [7, 11) is 0. The zero-order chi connectivity index (χ0) is 13.1. The fourth-order valence-corrected chi connectivity index (χ4v) is 3.10. The molecule has 19 heavy (non-hydrogen) atoms. The van der Waals surface area contributed by atoms with Gasteiger partial charge in [0.1, 0.15) is 0 Å². The Kier molecular flexibility index (Phi) is 4.38. The van der Waals surface area contributed by atoms with Crippen LogP contribution in [0.5, 0.6) is 0 Å². The van der Waals surface area contributed by atoms with E-state index < -0.39 is 0 Å². The smallest absolute Gasteiger partial charge is 0.160 e. The molecule has 0 atom stereocenters. The van der Waals surface area contributed by atoms with E-state index in [-0.39, 0.29) is 6.29 Å². The predicted molar refractivity (Wildman–Crippen MR) is 75.1 cm³/mol. The Morgan fingerprint density at radius 1 is 1.11 bits per heavy atom. The van der Waals surface area contributed by atoms with Crippen molar-refractivity contribution in [1.82, 2.24) is 4.90 Å². The highest BCUT2D eigenvalue weighted by atomic mass is 35.5. The summed E-state index contributed by atoms with van der Waals surface area (Å²) in [5, 5.41) is 0.868. The standard InChI is InChI=1S/C15H20ClNO2/c16-14-4-2-1-3-13(14)11-17-7-5-12(6-8-17)15-18-9-10-19-15/h1-4,12,15H,5-11H2. The summed E-state index contributed by atoms with van der Waals surface area (Å²) in [6.07, 6.45) is 2.34. The molecule has 0 amide bonds. The Bertz CT molecular complexity index is 412. The van der Waals surface area contributed by atoms with E-state index in [1.165, 1.54) is 5.56 Å². The molecule has 104 valence electrons. The van der Waals surface area contributed by atoms with Crippen LogP contribution in [0.4, 0.5) is 0 Å². The molecule has 0 spiro atoms. The molecule has 2 fully saturated rings. The van der Waals surface area contributed by atoms with Gasteiger partial charge >= 0.3 is 0 Å². The topological polar surface area (TPSA) is 21.7 Å². The highest BCUT2D eigenvalue weighted by molar-refractivity contribution is 6.31. The highest BCUT2D eigenvalue weighted by Gasteiger charge is 2.30. The molecule has 0 radical (unpaired) electrons. The second-order valence-corrected chi connectivity index (χ2v) is 5.72. The number of nitrogens with zero attached hydrogens (tertiary/aromatic N) is 1. The van der Waals surface area contributed by atoms with Crippen LogP contribution in [0.25, 0.3) is 0 Å². The Morgan fingerprint density at radius 3 is 2.47 bits per heavy atom. The van der Waals surface area contributed by atoms with Gasteiger partial charge in [-0.2, -0.15) is 0 Å². The van der Waals surface area contributed by atoms with Crippen LogP contribution in [0, 0.1) is 5.92 Å². The predicted octanol–water partition coefficient (Wildman–Crippen LogP) is 2.92. The zero-order valence-corrected chi connectivity index (χ0v) is 11.8. The van der Waals surface area contributed by atoms with Gasteiger partial charge in [-0.3, -0.25) is 4.90 Å². The van der Waals surface area contributed by atoms with Crippen molar-refractivity contribution in [3.63, 3.8) is 0 Å². The lowest BCUT2D eigenvalue weighted by Gasteiger charge is -2.33. The van der Waals surface area contributed by atoms with E-state index in [0.29, 0.717) is 5.92 Å². The lowest BCUT2D eigenvalue weighted by atomic mass is 9.96. The van der Waals surface area contributed by atoms with Gasteiger partial charge in [0.05, 0.1) is 13.2 Å². The van der Waals surface area contributed by atoms with Gasteiger partial charge in [-0.25, -0.2) is 0 Å². The van der Waals surface area contributed by atoms with E-state index in [0.717, 1.165) is 50.7 Å². The molecule has 2 aliphatic rings. The van der Waals surface area contributed by atoms with Gasteiger partial charge in [0.15, 0.2) is 6.29 Å². The first-order valence-electron chi connectivity index (χ1n) is 7.02. The first-order chi connectivity index (χ1) is 9.33. The van der Waals surface area contributed by atoms with E-state index in [1.807, 2.05) is 18.2 Å². The van der Waals surface area contributed by atoms with Crippen molar-refractivity contribution in [3.8, 4) is 0 Å². The van der Waals surface area contributed by atoms with Gasteiger partial charge in [-0.1, -0.05) is 29.8 Å². The monoisotopic (exact) mass is 281 g/mol. The number of rotatable bonds is 3. The van der Waals surface area contributed by atoms with E-state index in [2.05, 4.69) is 11.0 Å². The van der Waals surface area contributed by atoms with Crippen molar-refractivity contribution in [2.45, 2.75) is 25.7 Å². The van der Waals surface area contributed by atoms with Crippen LogP contribution in [-0.4, -0.2) is 37.5 Å². The minimum atomic E-state index is 0.0439. The maximum atomic E-state index is 6.21. The second-order valence-electron chi connectivity index (χ2n) is 5.31. The molecule has 0 unspecified atom stereocenters. The van der Waals surface area contributed by atoms with E-state index in [9.17, 15) is 0 Å². The molecule has 0 aromatic heterocycles. The summed E-state index contributed by atoms with van der Waals surface area (Å²) >= 11 is 6.21. The lowest BCUT2D eigenvalue weighted by Crippen LogP contribution is -2.37. The summed E-state index contributed by atoms with van der Waals surface area (Å²) < 4.78 is 11.2. The highest BCUT2D eigenvalue weighted by Crippen LogP contribution is 2.27. The summed E-state index contributed by atoms with van der Waals surface area (Å²) in [6.45, 7) is 4.64. The fraction of sp³-hybridized carbons (Fsp3) is 0.600. The third-order valence-electron chi connectivity index (χ3n) is 4.02. The van der Waals surface area contributed by atoms with Crippen molar-refractivity contribution in [2.24, 2.45) is 5.92 Å². The second kappa shape index (κ2) is 6.23. The van der Waals surface area contributed by atoms with Gasteiger partial charge in [-0.15, -0.1) is 0 Å². The minimum Gasteiger partial charge on any atom is -0.350 e. The number of piperidine rings is 1. The molecule has 2 aliphatic heterocycles. The number of hydrogen-bond donors (Lipinski definition) is 0. The fourth-order valence-electron chi connectivity index (χ4n) is 2.90. The molecule has 0 bridgehead atoms. The largest absolute Gasteiger partial charge is 0.350 e. The maximum Gasteiger partial charge on any atom is 0.160 e. The van der Waals surface area contributed by atoms with Crippen molar-refractivity contribution >= 4 is 11.6 Å². The van der Waals surface area contributed by atoms with Crippen LogP contribution < -0.4 is 0 Å². The lowest BCUT2D eigenvalue weighted by molar-refractivity contribution is -0.0977. The van der Waals surface area contributed by atoms with Gasteiger partial charge < -0.3 is 9.47 Å². The molecule has 0 aliphatic carbocycles. The van der Waals surface area contributed by atoms with E-state index >= 15 is 0 Å². The Labute approximate surface area is 119 Å². The SMILES string of the molecule is Clc1ccccc1CN1CCC(C2OCCO2)CC1. The normalized spacial score (nSPS) is 23.0. The first kappa shape index (κ1) is 13.4. The maximum absolute atomic E-state index is 6.21. The molecular formula is C15H20ClNO2. The molecule has 0 saturated carbocycles. The molecule has 2 saturated heterocycles. The van der Waals surface area contributed by atoms with Crippen molar-refractivity contribution in [3.05, 3.63) is 34.9 Å². The average Bonchev–Trinajstić information content (AvgIpc) is 2.96. The van der Waals surface area contributed by atoms with Crippen molar-refractivity contribution < 1.29 is 9.47 Å². The van der Waals surface area contributed by atoms with Crippen LogP contribution in [0.3, 0.4) is 0 Å². The number of hydrogen-bond acceptors (Lipinski definition) is 3. The molecule has 2 heterocycles. The van der Waals surface area contributed by atoms with Crippen LogP contribution in [0.15, 0.2) is 24.3 Å². The molecule has 3 rings (SSSR count). The van der Waals surface area contributed by atoms with Crippen molar-refractivity contribution in [1.29, 1.82) is 0 Å². The van der Waals surface area contributed by atoms with Crippen LogP contribution in [0.2, 0.25) is 5.02 Å². The van der Waals surface area contributed by atoms with Crippen LogP contribution in [-0.2, 0) is 16.0 Å². The number of benzene rings is 1. The summed E-state index contributed by atoms with van der Waals surface area (Å²) in [4.78, 5) is 2.46. The van der Waals surface area contributed by atoms with Crippen LogP contribution >= 0.6 is 11.6 Å². The molecular weight excluding hydrogens is 262 g/mol. The zero-order valence-electron chi connectivity index (χ0n) is 11.1.